The lowest BCUT2D eigenvalue weighted by atomic mass is 10.2. The minimum atomic E-state index is -0.988. The number of benzene rings is 1. The van der Waals surface area contributed by atoms with Crippen molar-refractivity contribution in [3.8, 4) is 0 Å². The van der Waals surface area contributed by atoms with Crippen molar-refractivity contribution in [2.24, 2.45) is 5.73 Å². The zero-order valence-electron chi connectivity index (χ0n) is 8.93. The van der Waals surface area contributed by atoms with Gasteiger partial charge in [0.2, 0.25) is 0 Å². The van der Waals surface area contributed by atoms with Crippen molar-refractivity contribution >= 4 is 22.4 Å². The topological polar surface area (TPSA) is 63.3 Å². The minimum absolute atomic E-state index is 0.0410. The first-order valence-corrected chi connectivity index (χ1v) is 6.94. The molecule has 5 heteroatoms. The maximum Gasteiger partial charge on any atom is 0.0486 e. The van der Waals surface area contributed by atoms with E-state index in [0.717, 1.165) is 5.56 Å². The monoisotopic (exact) mass is 261 g/mol. The minimum Gasteiger partial charge on any atom is -0.396 e. The summed E-state index contributed by atoms with van der Waals surface area (Å²) in [6.07, 6.45) is 0.492. The van der Waals surface area contributed by atoms with Crippen LogP contribution in [0.25, 0.3) is 0 Å². The van der Waals surface area contributed by atoms with Crippen molar-refractivity contribution in [1.82, 2.24) is 0 Å². The van der Waals surface area contributed by atoms with Crippen molar-refractivity contribution in [2.75, 3.05) is 12.4 Å². The molecule has 0 saturated heterocycles. The molecular formula is C11H16ClNO2S. The fourth-order valence-electron chi connectivity index (χ4n) is 1.31. The van der Waals surface area contributed by atoms with E-state index >= 15 is 0 Å². The Kier molecular flexibility index (Phi) is 5.98. The second kappa shape index (κ2) is 7.01. The number of aliphatic hydroxyl groups excluding tert-OH is 1. The fourth-order valence-corrected chi connectivity index (χ4v) is 2.77. The Hall–Kier alpha value is -0.420. The molecule has 1 aromatic rings. The predicted octanol–water partition coefficient (Wildman–Crippen LogP) is 1.30. The Morgan fingerprint density at radius 3 is 2.56 bits per heavy atom. The van der Waals surface area contributed by atoms with Gasteiger partial charge in [0.15, 0.2) is 0 Å². The van der Waals surface area contributed by atoms with E-state index in [1.807, 2.05) is 12.1 Å². The van der Waals surface area contributed by atoms with Crippen molar-refractivity contribution in [1.29, 1.82) is 0 Å². The third-order valence-electron chi connectivity index (χ3n) is 2.14. The molecular weight excluding hydrogens is 246 g/mol. The summed E-state index contributed by atoms with van der Waals surface area (Å²) in [4.78, 5) is 0. The van der Waals surface area contributed by atoms with Gasteiger partial charge in [0.25, 0.3) is 0 Å². The van der Waals surface area contributed by atoms with Crippen molar-refractivity contribution in [3.63, 3.8) is 0 Å². The van der Waals surface area contributed by atoms with Gasteiger partial charge in [-0.3, -0.25) is 4.21 Å². The van der Waals surface area contributed by atoms with Gasteiger partial charge in [0.1, 0.15) is 0 Å². The molecule has 0 fully saturated rings. The molecule has 90 valence electrons. The van der Waals surface area contributed by atoms with Crippen LogP contribution in [0.15, 0.2) is 24.3 Å². The highest BCUT2D eigenvalue weighted by Gasteiger charge is 2.08. The van der Waals surface area contributed by atoms with E-state index in [9.17, 15) is 4.21 Å². The van der Waals surface area contributed by atoms with Gasteiger partial charge in [0, 0.05) is 40.0 Å². The smallest absolute Gasteiger partial charge is 0.0486 e. The summed E-state index contributed by atoms with van der Waals surface area (Å²) in [6, 6.07) is 7.08. The third-order valence-corrected chi connectivity index (χ3v) is 3.85. The SMILES string of the molecule is NC(CCO)CS(=O)Cc1ccc(Cl)cc1. The van der Waals surface area contributed by atoms with Gasteiger partial charge in [-0.1, -0.05) is 23.7 Å². The normalized spacial score (nSPS) is 14.7. The van der Waals surface area contributed by atoms with Crippen molar-refractivity contribution < 1.29 is 9.32 Å². The number of aliphatic hydroxyl groups is 1. The van der Waals surface area contributed by atoms with Crippen LogP contribution in [-0.4, -0.2) is 27.7 Å². The summed E-state index contributed by atoms with van der Waals surface area (Å²) >= 11 is 5.75. The van der Waals surface area contributed by atoms with Gasteiger partial charge in [-0.15, -0.1) is 0 Å². The molecule has 0 saturated carbocycles. The average Bonchev–Trinajstić information content (AvgIpc) is 2.21. The molecule has 0 radical (unpaired) electrons. The van der Waals surface area contributed by atoms with Crippen LogP contribution < -0.4 is 5.73 Å². The highest BCUT2D eigenvalue weighted by molar-refractivity contribution is 7.84. The first-order valence-electron chi connectivity index (χ1n) is 5.07. The molecule has 1 rings (SSSR count). The summed E-state index contributed by atoms with van der Waals surface area (Å²) in [5, 5.41) is 9.35. The van der Waals surface area contributed by atoms with Gasteiger partial charge in [-0.05, 0) is 24.1 Å². The third kappa shape index (κ3) is 5.07. The number of nitrogens with two attached hydrogens (primary N) is 1. The second-order valence-corrected chi connectivity index (χ2v) is 5.59. The Labute approximate surface area is 103 Å². The van der Waals surface area contributed by atoms with Gasteiger partial charge in [-0.2, -0.15) is 0 Å². The summed E-state index contributed by atoms with van der Waals surface area (Å²) in [7, 11) is -0.988. The lowest BCUT2D eigenvalue weighted by Crippen LogP contribution is -2.28. The van der Waals surface area contributed by atoms with Crippen LogP contribution in [-0.2, 0) is 16.6 Å². The van der Waals surface area contributed by atoms with Crippen LogP contribution in [0, 0.1) is 0 Å². The van der Waals surface area contributed by atoms with E-state index < -0.39 is 10.8 Å². The van der Waals surface area contributed by atoms with E-state index in [1.165, 1.54) is 0 Å². The number of halogens is 1. The number of hydrogen-bond acceptors (Lipinski definition) is 3. The molecule has 0 aliphatic rings. The van der Waals surface area contributed by atoms with Crippen LogP contribution in [0.3, 0.4) is 0 Å². The molecule has 2 atom stereocenters. The van der Waals surface area contributed by atoms with Crippen LogP contribution in [0.1, 0.15) is 12.0 Å². The molecule has 0 bridgehead atoms. The number of rotatable bonds is 6. The predicted molar refractivity (Wildman–Crippen MR) is 67.8 cm³/mol. The van der Waals surface area contributed by atoms with E-state index in [-0.39, 0.29) is 12.6 Å². The van der Waals surface area contributed by atoms with Crippen LogP contribution >= 0.6 is 11.6 Å². The first kappa shape index (κ1) is 13.6. The van der Waals surface area contributed by atoms with Crippen LogP contribution in [0.4, 0.5) is 0 Å². The van der Waals surface area contributed by atoms with E-state index in [2.05, 4.69) is 0 Å². The molecule has 0 heterocycles. The summed E-state index contributed by atoms with van der Waals surface area (Å²) < 4.78 is 11.7. The van der Waals surface area contributed by atoms with Crippen LogP contribution in [0.2, 0.25) is 5.02 Å². The van der Waals surface area contributed by atoms with Gasteiger partial charge >= 0.3 is 0 Å². The maximum atomic E-state index is 11.7. The fraction of sp³-hybridized carbons (Fsp3) is 0.455. The van der Waals surface area contributed by atoms with Gasteiger partial charge in [-0.25, -0.2) is 0 Å². The maximum absolute atomic E-state index is 11.7. The molecule has 3 nitrogen and oxygen atoms in total. The second-order valence-electron chi connectivity index (χ2n) is 3.65. The van der Waals surface area contributed by atoms with E-state index in [1.54, 1.807) is 12.1 Å². The largest absolute Gasteiger partial charge is 0.396 e. The lowest BCUT2D eigenvalue weighted by molar-refractivity contribution is 0.279. The van der Waals surface area contributed by atoms with Crippen LogP contribution in [0.5, 0.6) is 0 Å². The molecule has 0 amide bonds. The average molecular weight is 262 g/mol. The Bertz CT molecular complexity index is 342. The highest BCUT2D eigenvalue weighted by Crippen LogP contribution is 2.11. The van der Waals surface area contributed by atoms with Gasteiger partial charge in [0.05, 0.1) is 0 Å². The van der Waals surface area contributed by atoms with Crippen molar-refractivity contribution in [3.05, 3.63) is 34.9 Å². The zero-order valence-corrected chi connectivity index (χ0v) is 10.5. The lowest BCUT2D eigenvalue weighted by Gasteiger charge is -2.09. The standard InChI is InChI=1S/C11H16ClNO2S/c12-10-3-1-9(2-4-10)7-16(15)8-11(13)5-6-14/h1-4,11,14H,5-8,13H2. The summed E-state index contributed by atoms with van der Waals surface area (Å²) in [5.74, 6) is 0.902. The molecule has 16 heavy (non-hydrogen) atoms. The molecule has 1 aromatic carbocycles. The Morgan fingerprint density at radius 2 is 2.00 bits per heavy atom. The highest BCUT2D eigenvalue weighted by atomic mass is 35.5. The van der Waals surface area contributed by atoms with E-state index in [0.29, 0.717) is 22.9 Å². The van der Waals surface area contributed by atoms with E-state index in [4.69, 9.17) is 22.4 Å². The zero-order chi connectivity index (χ0) is 12.0. The molecule has 3 N–H and O–H groups in total. The molecule has 0 aliphatic carbocycles. The number of hydrogen-bond donors (Lipinski definition) is 2. The molecule has 0 aromatic heterocycles. The molecule has 0 aliphatic heterocycles. The van der Waals surface area contributed by atoms with Gasteiger partial charge < -0.3 is 10.8 Å². The summed E-state index contributed by atoms with van der Waals surface area (Å²) in [6.45, 7) is 0.0410. The Morgan fingerprint density at radius 1 is 1.38 bits per heavy atom. The Balaban J connectivity index is 2.42. The first-order chi connectivity index (χ1) is 7.61. The molecule has 2 unspecified atom stereocenters. The molecule has 0 spiro atoms. The summed E-state index contributed by atoms with van der Waals surface area (Å²) in [5.41, 5.74) is 6.67. The van der Waals surface area contributed by atoms with Crippen molar-refractivity contribution in [2.45, 2.75) is 18.2 Å². The quantitative estimate of drug-likeness (QED) is 0.811.